The molecule has 1 fully saturated rings. The molecule has 2 aromatic carbocycles. The SMILES string of the molecule is COc1cc(-c2cnc3cc(OCc4ccccc4)ccn23)cc(OC(F)F)c1C(=O)NC1CC1. The molecule has 35 heavy (non-hydrogen) atoms. The lowest BCUT2D eigenvalue weighted by Crippen LogP contribution is -2.26. The number of methoxy groups -OCH3 is 1. The van der Waals surface area contributed by atoms with Crippen molar-refractivity contribution < 1.29 is 27.8 Å². The quantitative estimate of drug-likeness (QED) is 0.362. The van der Waals surface area contributed by atoms with Crippen LogP contribution in [0.5, 0.6) is 17.2 Å². The van der Waals surface area contributed by atoms with Gasteiger partial charge in [-0.05, 0) is 36.6 Å². The average Bonchev–Trinajstić information content (AvgIpc) is 3.57. The summed E-state index contributed by atoms with van der Waals surface area (Å²) in [6.45, 7) is -2.69. The Morgan fingerprint density at radius 3 is 2.63 bits per heavy atom. The molecule has 0 aliphatic heterocycles. The average molecular weight is 479 g/mol. The maximum absolute atomic E-state index is 13.2. The Labute approximate surface area is 200 Å². The molecule has 0 spiro atoms. The van der Waals surface area contributed by atoms with Crippen molar-refractivity contribution in [3.05, 3.63) is 78.1 Å². The van der Waals surface area contributed by atoms with Crippen molar-refractivity contribution in [2.75, 3.05) is 7.11 Å². The first kappa shape index (κ1) is 22.6. The number of nitrogens with one attached hydrogen (secondary N) is 1. The van der Waals surface area contributed by atoms with Crippen LogP contribution < -0.4 is 19.5 Å². The lowest BCUT2D eigenvalue weighted by molar-refractivity contribution is -0.0502. The number of pyridine rings is 1. The number of ether oxygens (including phenoxy) is 3. The van der Waals surface area contributed by atoms with E-state index in [0.29, 0.717) is 29.3 Å². The van der Waals surface area contributed by atoms with Crippen LogP contribution in [0.1, 0.15) is 28.8 Å². The summed E-state index contributed by atoms with van der Waals surface area (Å²) in [6.07, 6.45) is 5.11. The summed E-state index contributed by atoms with van der Waals surface area (Å²) < 4.78 is 44.2. The molecule has 7 nitrogen and oxygen atoms in total. The molecule has 2 aromatic heterocycles. The number of carbonyl (C=O) groups excluding carboxylic acids is 1. The molecule has 1 saturated carbocycles. The first-order chi connectivity index (χ1) is 17.0. The monoisotopic (exact) mass is 479 g/mol. The Morgan fingerprint density at radius 1 is 1.14 bits per heavy atom. The van der Waals surface area contributed by atoms with Crippen molar-refractivity contribution >= 4 is 11.6 Å². The van der Waals surface area contributed by atoms with Gasteiger partial charge < -0.3 is 19.5 Å². The molecule has 1 N–H and O–H groups in total. The van der Waals surface area contributed by atoms with Crippen LogP contribution >= 0.6 is 0 Å². The highest BCUT2D eigenvalue weighted by Gasteiger charge is 2.29. The van der Waals surface area contributed by atoms with Crippen molar-refractivity contribution in [2.24, 2.45) is 0 Å². The summed E-state index contributed by atoms with van der Waals surface area (Å²) in [4.78, 5) is 17.2. The van der Waals surface area contributed by atoms with Crippen LogP contribution in [-0.4, -0.2) is 35.1 Å². The number of halogens is 2. The molecule has 0 atom stereocenters. The standard InChI is InChI=1S/C26H23F2N3O4/c1-33-21-11-17(12-22(35-26(27)28)24(21)25(32)30-18-7-8-18)20-14-29-23-13-19(9-10-31(20)23)34-15-16-5-3-2-4-6-16/h2-6,9-14,18,26H,7-8,15H2,1H3,(H,30,32). The lowest BCUT2D eigenvalue weighted by Gasteiger charge is -2.16. The topological polar surface area (TPSA) is 74.1 Å². The first-order valence-electron chi connectivity index (χ1n) is 11.1. The molecule has 0 saturated heterocycles. The molecule has 0 bridgehead atoms. The van der Waals surface area contributed by atoms with Crippen molar-refractivity contribution in [3.8, 4) is 28.5 Å². The van der Waals surface area contributed by atoms with Gasteiger partial charge in [-0.15, -0.1) is 0 Å². The number of imidazole rings is 1. The van der Waals surface area contributed by atoms with E-state index < -0.39 is 12.5 Å². The molecule has 2 heterocycles. The highest BCUT2D eigenvalue weighted by Crippen LogP contribution is 2.37. The van der Waals surface area contributed by atoms with Gasteiger partial charge in [-0.1, -0.05) is 30.3 Å². The third-order valence-corrected chi connectivity index (χ3v) is 5.67. The second kappa shape index (κ2) is 9.61. The van der Waals surface area contributed by atoms with Gasteiger partial charge in [0.1, 0.15) is 35.1 Å². The zero-order valence-electron chi connectivity index (χ0n) is 18.9. The number of aromatic nitrogens is 2. The van der Waals surface area contributed by atoms with Gasteiger partial charge in [0, 0.05) is 23.9 Å². The number of amides is 1. The van der Waals surface area contributed by atoms with Gasteiger partial charge in [0.2, 0.25) is 0 Å². The third kappa shape index (κ3) is 5.03. The second-order valence-electron chi connectivity index (χ2n) is 8.19. The number of benzene rings is 2. The van der Waals surface area contributed by atoms with E-state index in [9.17, 15) is 13.6 Å². The minimum atomic E-state index is -3.10. The van der Waals surface area contributed by atoms with E-state index in [1.54, 1.807) is 35.0 Å². The van der Waals surface area contributed by atoms with E-state index in [1.165, 1.54) is 13.2 Å². The number of nitrogens with zero attached hydrogens (tertiary/aromatic N) is 2. The van der Waals surface area contributed by atoms with Crippen molar-refractivity contribution in [3.63, 3.8) is 0 Å². The molecule has 1 aliphatic rings. The molecule has 180 valence electrons. The summed E-state index contributed by atoms with van der Waals surface area (Å²) in [7, 11) is 1.38. The maximum atomic E-state index is 13.2. The summed E-state index contributed by atoms with van der Waals surface area (Å²) in [5.41, 5.74) is 2.71. The Kier molecular flexibility index (Phi) is 6.22. The van der Waals surface area contributed by atoms with Crippen LogP contribution in [-0.2, 0) is 6.61 Å². The van der Waals surface area contributed by atoms with Crippen molar-refractivity contribution in [1.82, 2.24) is 14.7 Å². The Hall–Kier alpha value is -4.14. The zero-order valence-corrected chi connectivity index (χ0v) is 18.9. The molecular formula is C26H23F2N3O4. The summed E-state index contributed by atoms with van der Waals surface area (Å²) in [5.74, 6) is 0.00845. The lowest BCUT2D eigenvalue weighted by atomic mass is 10.1. The van der Waals surface area contributed by atoms with Crippen molar-refractivity contribution in [2.45, 2.75) is 32.1 Å². The number of carbonyl (C=O) groups is 1. The van der Waals surface area contributed by atoms with Gasteiger partial charge in [-0.3, -0.25) is 9.20 Å². The third-order valence-electron chi connectivity index (χ3n) is 5.67. The summed E-state index contributed by atoms with van der Waals surface area (Å²) in [5, 5.41) is 2.80. The van der Waals surface area contributed by atoms with Gasteiger partial charge in [-0.2, -0.15) is 8.78 Å². The number of fused-ring (bicyclic) bond motifs is 1. The molecular weight excluding hydrogens is 456 g/mol. The summed E-state index contributed by atoms with van der Waals surface area (Å²) in [6, 6.07) is 16.4. The normalized spacial score (nSPS) is 13.1. The molecule has 5 rings (SSSR count). The number of hydrogen-bond acceptors (Lipinski definition) is 5. The molecule has 0 unspecified atom stereocenters. The smallest absolute Gasteiger partial charge is 0.387 e. The fourth-order valence-electron chi connectivity index (χ4n) is 3.80. The Balaban J connectivity index is 1.47. The van der Waals surface area contributed by atoms with E-state index in [4.69, 9.17) is 14.2 Å². The Bertz CT molecular complexity index is 1350. The number of alkyl halides is 2. The van der Waals surface area contributed by atoms with Gasteiger partial charge in [0.25, 0.3) is 5.91 Å². The van der Waals surface area contributed by atoms with Gasteiger partial charge in [0.05, 0.1) is 19.0 Å². The van der Waals surface area contributed by atoms with Gasteiger partial charge in [-0.25, -0.2) is 4.98 Å². The number of rotatable bonds is 9. The molecule has 4 aromatic rings. The van der Waals surface area contributed by atoms with Crippen LogP contribution in [0.2, 0.25) is 0 Å². The minimum absolute atomic E-state index is 0.0448. The first-order valence-corrected chi connectivity index (χ1v) is 11.1. The predicted octanol–water partition coefficient (Wildman–Crippen LogP) is 5.08. The van der Waals surface area contributed by atoms with Gasteiger partial charge in [0.15, 0.2) is 0 Å². The molecule has 1 amide bonds. The largest absolute Gasteiger partial charge is 0.496 e. The zero-order chi connectivity index (χ0) is 24.4. The highest BCUT2D eigenvalue weighted by atomic mass is 19.3. The summed E-state index contributed by atoms with van der Waals surface area (Å²) >= 11 is 0. The second-order valence-corrected chi connectivity index (χ2v) is 8.19. The highest BCUT2D eigenvalue weighted by molar-refractivity contribution is 6.01. The molecule has 1 aliphatic carbocycles. The van der Waals surface area contributed by atoms with Crippen LogP contribution in [0.3, 0.4) is 0 Å². The van der Waals surface area contributed by atoms with Crippen LogP contribution in [0.4, 0.5) is 8.78 Å². The van der Waals surface area contributed by atoms with Crippen LogP contribution in [0.25, 0.3) is 16.9 Å². The number of hydrogen-bond donors (Lipinski definition) is 1. The van der Waals surface area contributed by atoms with E-state index in [1.807, 2.05) is 30.3 Å². The van der Waals surface area contributed by atoms with E-state index >= 15 is 0 Å². The molecule has 0 radical (unpaired) electrons. The fourth-order valence-corrected chi connectivity index (χ4v) is 3.80. The van der Waals surface area contributed by atoms with E-state index in [2.05, 4.69) is 10.3 Å². The minimum Gasteiger partial charge on any atom is -0.496 e. The maximum Gasteiger partial charge on any atom is 0.387 e. The van der Waals surface area contributed by atoms with Gasteiger partial charge >= 0.3 is 6.61 Å². The van der Waals surface area contributed by atoms with Crippen LogP contribution in [0, 0.1) is 0 Å². The van der Waals surface area contributed by atoms with E-state index in [0.717, 1.165) is 18.4 Å². The molecule has 9 heteroatoms. The van der Waals surface area contributed by atoms with Crippen LogP contribution in [0.15, 0.2) is 67.0 Å². The van der Waals surface area contributed by atoms with Crippen molar-refractivity contribution in [1.29, 1.82) is 0 Å². The predicted molar refractivity (Wildman–Crippen MR) is 125 cm³/mol. The Morgan fingerprint density at radius 2 is 1.91 bits per heavy atom. The fraction of sp³-hybridized carbons (Fsp3) is 0.231. The van der Waals surface area contributed by atoms with E-state index in [-0.39, 0.29) is 23.1 Å².